The second-order valence-corrected chi connectivity index (χ2v) is 6.84. The first-order chi connectivity index (χ1) is 9.83. The predicted molar refractivity (Wildman–Crippen MR) is 84.1 cm³/mol. The molecule has 2 aromatic rings. The van der Waals surface area contributed by atoms with Gasteiger partial charge in [0, 0.05) is 23.5 Å². The number of nitrogens with two attached hydrogens (primary N) is 1. The summed E-state index contributed by atoms with van der Waals surface area (Å²) in [6.07, 6.45) is 1.51. The number of benzene rings is 1. The van der Waals surface area contributed by atoms with Gasteiger partial charge in [-0.05, 0) is 36.8 Å². The summed E-state index contributed by atoms with van der Waals surface area (Å²) in [6.45, 7) is 1.85. The maximum atomic E-state index is 12.4. The molecule has 21 heavy (non-hydrogen) atoms. The van der Waals surface area contributed by atoms with Gasteiger partial charge in [-0.15, -0.1) is 0 Å². The maximum Gasteiger partial charge on any atom is 0.263 e. The Morgan fingerprint density at radius 2 is 2.00 bits per heavy atom. The van der Waals surface area contributed by atoms with E-state index in [1.807, 2.05) is 0 Å². The molecule has 0 aliphatic heterocycles. The highest BCUT2D eigenvalue weighted by atomic mass is 35.5. The topological polar surface area (TPSA) is 85.1 Å². The third-order valence-electron chi connectivity index (χ3n) is 2.74. The molecule has 0 amide bonds. The van der Waals surface area contributed by atoms with E-state index in [1.165, 1.54) is 12.3 Å². The number of rotatable bonds is 4. The standard InChI is InChI=1S/C13H13Cl2N3O2S/c1-8-4-11(2-3-17-8)18-21(19,20)12-6-10(14)5-9(7-16)13(12)15/h2-6H,7,16H2,1H3,(H,17,18). The van der Waals surface area contributed by atoms with Gasteiger partial charge in [0.2, 0.25) is 0 Å². The van der Waals surface area contributed by atoms with E-state index >= 15 is 0 Å². The van der Waals surface area contributed by atoms with Gasteiger partial charge in [0.1, 0.15) is 4.90 Å². The SMILES string of the molecule is Cc1cc(NS(=O)(=O)c2cc(Cl)cc(CN)c2Cl)ccn1. The molecule has 0 aliphatic carbocycles. The molecule has 1 heterocycles. The van der Waals surface area contributed by atoms with Crippen LogP contribution in [0.2, 0.25) is 10.0 Å². The molecule has 5 nitrogen and oxygen atoms in total. The molecule has 2 rings (SSSR count). The average molecular weight is 346 g/mol. The summed E-state index contributed by atoms with van der Waals surface area (Å²) >= 11 is 12.0. The fourth-order valence-corrected chi connectivity index (χ4v) is 3.77. The van der Waals surface area contributed by atoms with Crippen LogP contribution in [0.4, 0.5) is 5.69 Å². The molecule has 1 aromatic heterocycles. The fraction of sp³-hybridized carbons (Fsp3) is 0.154. The second kappa shape index (κ2) is 6.19. The minimum absolute atomic E-state index is 0.0696. The summed E-state index contributed by atoms with van der Waals surface area (Å²) in [7, 11) is -3.87. The summed E-state index contributed by atoms with van der Waals surface area (Å²) in [5.41, 5.74) is 7.09. The van der Waals surface area contributed by atoms with Crippen molar-refractivity contribution in [3.05, 3.63) is 51.8 Å². The van der Waals surface area contributed by atoms with Gasteiger partial charge in [0.25, 0.3) is 10.0 Å². The molecule has 0 saturated carbocycles. The lowest BCUT2D eigenvalue weighted by Gasteiger charge is -2.12. The zero-order valence-corrected chi connectivity index (χ0v) is 13.4. The summed E-state index contributed by atoms with van der Waals surface area (Å²) in [5, 5.41) is 0.325. The normalized spacial score (nSPS) is 11.4. The second-order valence-electron chi connectivity index (χ2n) is 4.37. The fourth-order valence-electron chi connectivity index (χ4n) is 1.78. The zero-order valence-electron chi connectivity index (χ0n) is 11.1. The molecule has 0 bridgehead atoms. The van der Waals surface area contributed by atoms with Crippen LogP contribution in [-0.4, -0.2) is 13.4 Å². The van der Waals surface area contributed by atoms with E-state index in [0.29, 0.717) is 16.9 Å². The quantitative estimate of drug-likeness (QED) is 0.891. The highest BCUT2D eigenvalue weighted by molar-refractivity contribution is 7.92. The lowest BCUT2D eigenvalue weighted by atomic mass is 10.2. The Morgan fingerprint density at radius 3 is 2.62 bits per heavy atom. The number of nitrogens with one attached hydrogen (secondary N) is 1. The Balaban J connectivity index is 2.47. The van der Waals surface area contributed by atoms with Gasteiger partial charge in [0.05, 0.1) is 10.7 Å². The number of hydrogen-bond donors (Lipinski definition) is 2. The summed E-state index contributed by atoms with van der Waals surface area (Å²) in [6, 6.07) is 5.99. The van der Waals surface area contributed by atoms with Crippen LogP contribution >= 0.6 is 23.2 Å². The number of aryl methyl sites for hydroxylation is 1. The number of halogens is 2. The van der Waals surface area contributed by atoms with E-state index in [9.17, 15) is 8.42 Å². The molecule has 0 saturated heterocycles. The summed E-state index contributed by atoms with van der Waals surface area (Å²) in [4.78, 5) is 3.90. The molecule has 0 spiro atoms. The van der Waals surface area contributed by atoms with E-state index < -0.39 is 10.0 Å². The highest BCUT2D eigenvalue weighted by Gasteiger charge is 2.21. The molecule has 0 radical (unpaired) electrons. The van der Waals surface area contributed by atoms with Crippen molar-refractivity contribution in [2.75, 3.05) is 4.72 Å². The lowest BCUT2D eigenvalue weighted by Crippen LogP contribution is -2.15. The van der Waals surface area contributed by atoms with Crippen LogP contribution in [-0.2, 0) is 16.6 Å². The van der Waals surface area contributed by atoms with Crippen molar-refractivity contribution in [2.24, 2.45) is 5.73 Å². The molecule has 0 atom stereocenters. The van der Waals surface area contributed by atoms with Crippen LogP contribution in [0.15, 0.2) is 35.4 Å². The Kier molecular flexibility index (Phi) is 4.73. The van der Waals surface area contributed by atoms with Crippen LogP contribution in [0.1, 0.15) is 11.3 Å². The van der Waals surface area contributed by atoms with Gasteiger partial charge in [-0.25, -0.2) is 8.42 Å². The molecule has 3 N–H and O–H groups in total. The minimum Gasteiger partial charge on any atom is -0.326 e. The molecule has 0 aliphatic rings. The zero-order chi connectivity index (χ0) is 15.6. The molecular weight excluding hydrogens is 333 g/mol. The van der Waals surface area contributed by atoms with Crippen LogP contribution in [0.25, 0.3) is 0 Å². The van der Waals surface area contributed by atoms with Crippen molar-refractivity contribution in [3.8, 4) is 0 Å². The number of sulfonamides is 1. The van der Waals surface area contributed by atoms with Crippen molar-refractivity contribution in [1.82, 2.24) is 4.98 Å². The van der Waals surface area contributed by atoms with Crippen LogP contribution in [0, 0.1) is 6.92 Å². The van der Waals surface area contributed by atoms with Gasteiger partial charge in [-0.3, -0.25) is 9.71 Å². The van der Waals surface area contributed by atoms with E-state index in [-0.39, 0.29) is 21.5 Å². The van der Waals surface area contributed by atoms with Gasteiger partial charge < -0.3 is 5.73 Å². The number of anilines is 1. The summed E-state index contributed by atoms with van der Waals surface area (Å²) < 4.78 is 27.3. The molecule has 112 valence electrons. The largest absolute Gasteiger partial charge is 0.326 e. The van der Waals surface area contributed by atoms with E-state index in [0.717, 1.165) is 0 Å². The third-order valence-corrected chi connectivity index (χ3v) is 4.92. The van der Waals surface area contributed by atoms with Crippen molar-refractivity contribution in [1.29, 1.82) is 0 Å². The molecule has 0 fully saturated rings. The van der Waals surface area contributed by atoms with Crippen molar-refractivity contribution >= 4 is 38.9 Å². The Labute approximate surface area is 133 Å². The Morgan fingerprint density at radius 1 is 1.29 bits per heavy atom. The highest BCUT2D eigenvalue weighted by Crippen LogP contribution is 2.30. The van der Waals surface area contributed by atoms with Gasteiger partial charge >= 0.3 is 0 Å². The smallest absolute Gasteiger partial charge is 0.263 e. The maximum absolute atomic E-state index is 12.4. The van der Waals surface area contributed by atoms with Gasteiger partial charge in [0.15, 0.2) is 0 Å². The number of nitrogens with zero attached hydrogens (tertiary/aromatic N) is 1. The molecule has 1 aromatic carbocycles. The monoisotopic (exact) mass is 345 g/mol. The Hall–Kier alpha value is -1.34. The van der Waals surface area contributed by atoms with Crippen LogP contribution in [0.3, 0.4) is 0 Å². The first-order valence-electron chi connectivity index (χ1n) is 5.97. The van der Waals surface area contributed by atoms with Gasteiger partial charge in [-0.2, -0.15) is 0 Å². The predicted octanol–water partition coefficient (Wildman–Crippen LogP) is 2.96. The van der Waals surface area contributed by atoms with E-state index in [2.05, 4.69) is 9.71 Å². The number of pyridine rings is 1. The first-order valence-corrected chi connectivity index (χ1v) is 8.21. The average Bonchev–Trinajstić information content (AvgIpc) is 2.40. The van der Waals surface area contributed by atoms with E-state index in [1.54, 1.807) is 25.1 Å². The number of hydrogen-bond acceptors (Lipinski definition) is 4. The summed E-state index contributed by atoms with van der Waals surface area (Å²) in [5.74, 6) is 0. The van der Waals surface area contributed by atoms with E-state index in [4.69, 9.17) is 28.9 Å². The lowest BCUT2D eigenvalue weighted by molar-refractivity contribution is 0.601. The van der Waals surface area contributed by atoms with Crippen molar-refractivity contribution in [2.45, 2.75) is 18.4 Å². The Bertz CT molecular complexity index is 779. The molecule has 8 heteroatoms. The van der Waals surface area contributed by atoms with Crippen LogP contribution < -0.4 is 10.5 Å². The minimum atomic E-state index is -3.87. The first kappa shape index (κ1) is 16.0. The number of aromatic nitrogens is 1. The molecular formula is C13H13Cl2N3O2S. The van der Waals surface area contributed by atoms with Crippen molar-refractivity contribution in [3.63, 3.8) is 0 Å². The van der Waals surface area contributed by atoms with Gasteiger partial charge in [-0.1, -0.05) is 23.2 Å². The van der Waals surface area contributed by atoms with Crippen LogP contribution in [0.5, 0.6) is 0 Å². The third kappa shape index (κ3) is 3.65. The molecule has 0 unspecified atom stereocenters. The van der Waals surface area contributed by atoms with Crippen molar-refractivity contribution < 1.29 is 8.42 Å².